The van der Waals surface area contributed by atoms with Gasteiger partial charge in [0.1, 0.15) is 0 Å². The standard InChI is InChI=1S/C17H28.C16H26.C15H24.C14H22.C14H24.C13H22/c1-2-4-6-17(7-5-3-1)15-9-13-8-14(11-15)12-16(17)10-13;1-2-4-6-16(5-3-1)14-8-12-7-13(10-14)11-15(16)9-12;1-2-4-15(5-3-1)13-7-11-6-12(9-13)10-14(15)8-11;1-2-4-14(3-1)12-6-10-5-11(8-12)9-13(14)7-10;1-2-4-8-14(9-5-3-1)11-12-6-7-13(14)10-12;1-2-4-8-13(7-3-1)10-11-5-6-12(13)9-11/h13-16H,1-12H2;12-15H,1-11H2;11-14H,1-10H2;10-13H,1-9H2;12-13H,1-11H2;11-12H,1-10H2. The fourth-order valence-corrected chi connectivity index (χ4v) is 34.3. The van der Waals surface area contributed by atoms with E-state index in [1.54, 1.807) is 334 Å². The summed E-state index contributed by atoms with van der Waals surface area (Å²) in [5.74, 6) is 23.3. The molecule has 0 N–H and O–H groups in total. The first-order chi connectivity index (χ1) is 43.7. The van der Waals surface area contributed by atoms with Gasteiger partial charge in [-0.15, -0.1) is 0 Å². The molecule has 0 radical (unpaired) electrons. The second-order valence-corrected chi connectivity index (χ2v) is 41.2. The summed E-state index contributed by atoms with van der Waals surface area (Å²) in [4.78, 5) is 0. The lowest BCUT2D eigenvalue weighted by Crippen LogP contribution is -2.53. The first-order valence-corrected chi connectivity index (χ1v) is 43.7. The lowest BCUT2D eigenvalue weighted by molar-refractivity contribution is -0.126. The largest absolute Gasteiger partial charge is 0.0533 e. The molecule has 20 bridgehead atoms. The van der Waals surface area contributed by atoms with Crippen LogP contribution >= 0.6 is 0 Å². The van der Waals surface area contributed by atoms with Crippen LogP contribution in [0.4, 0.5) is 0 Å². The summed E-state index contributed by atoms with van der Waals surface area (Å²) in [6, 6.07) is 0. The van der Waals surface area contributed by atoms with Crippen LogP contribution in [-0.2, 0) is 0 Å². The molecule has 26 aliphatic rings. The third kappa shape index (κ3) is 12.0. The van der Waals surface area contributed by atoms with Crippen molar-refractivity contribution in [3.05, 3.63) is 0 Å². The number of fused-ring (bicyclic) bond motifs is 6. The fraction of sp³-hybridized carbons (Fsp3) is 1.00. The molecule has 0 amide bonds. The Labute approximate surface area is 552 Å². The molecule has 89 heavy (non-hydrogen) atoms. The average Bonchev–Trinajstić information content (AvgIpc) is 1.79. The van der Waals surface area contributed by atoms with Crippen LogP contribution in [0.15, 0.2) is 0 Å². The van der Waals surface area contributed by atoms with Gasteiger partial charge in [0.15, 0.2) is 0 Å². The summed E-state index contributed by atoms with van der Waals surface area (Å²) >= 11 is 0. The Kier molecular flexibility index (Phi) is 18.5. The maximum absolute atomic E-state index is 1.63. The van der Waals surface area contributed by atoms with Gasteiger partial charge in [0.05, 0.1) is 0 Å². The van der Waals surface area contributed by atoms with E-state index >= 15 is 0 Å². The first-order valence-electron chi connectivity index (χ1n) is 43.7. The number of rotatable bonds is 0. The van der Waals surface area contributed by atoms with Crippen molar-refractivity contribution in [1.82, 2.24) is 0 Å². The van der Waals surface area contributed by atoms with Crippen molar-refractivity contribution in [2.24, 2.45) is 151 Å². The van der Waals surface area contributed by atoms with Crippen molar-refractivity contribution in [3.63, 3.8) is 0 Å². The van der Waals surface area contributed by atoms with Gasteiger partial charge in [-0.05, 0) is 395 Å². The summed E-state index contributed by atoms with van der Waals surface area (Å²) in [5.41, 5.74) is 5.24. The second-order valence-electron chi connectivity index (χ2n) is 41.2. The molecule has 6 spiro atoms. The molecule has 0 nitrogen and oxygen atoms in total. The predicted octanol–water partition coefficient (Wildman–Crippen LogP) is 27.0. The Hall–Kier alpha value is 0. The van der Waals surface area contributed by atoms with Crippen LogP contribution in [0.3, 0.4) is 0 Å². The molecule has 4 atom stereocenters. The monoisotopic (exact) mass is 1220 g/mol. The molecule has 0 aromatic rings. The minimum Gasteiger partial charge on any atom is -0.0533 e. The fourth-order valence-electron chi connectivity index (χ4n) is 34.3. The van der Waals surface area contributed by atoms with E-state index in [9.17, 15) is 0 Å². The molecule has 0 aliphatic heterocycles. The Morgan fingerprint density at radius 1 is 0.135 bits per heavy atom. The molecule has 26 rings (SSSR count). The Morgan fingerprint density at radius 3 is 0.494 bits per heavy atom. The molecule has 0 saturated heterocycles. The van der Waals surface area contributed by atoms with Crippen LogP contribution in [0.5, 0.6) is 0 Å². The van der Waals surface area contributed by atoms with Gasteiger partial charge in [-0.3, -0.25) is 0 Å². The lowest BCUT2D eigenvalue weighted by atomic mass is 9.42. The predicted molar refractivity (Wildman–Crippen MR) is 375 cm³/mol. The maximum atomic E-state index is 1.63. The lowest BCUT2D eigenvalue weighted by Gasteiger charge is -2.63. The van der Waals surface area contributed by atoms with Crippen LogP contribution in [-0.4, -0.2) is 0 Å². The zero-order valence-corrected chi connectivity index (χ0v) is 59.1. The van der Waals surface area contributed by atoms with E-state index < -0.39 is 0 Å². The van der Waals surface area contributed by atoms with E-state index in [2.05, 4.69) is 0 Å². The summed E-state index contributed by atoms with van der Waals surface area (Å²) in [7, 11) is 0. The van der Waals surface area contributed by atoms with Gasteiger partial charge in [-0.2, -0.15) is 0 Å². The van der Waals surface area contributed by atoms with Gasteiger partial charge in [0.2, 0.25) is 0 Å². The topological polar surface area (TPSA) is 0 Å². The highest BCUT2D eigenvalue weighted by Gasteiger charge is 2.61. The Balaban J connectivity index is 0.0000000828. The van der Waals surface area contributed by atoms with Crippen molar-refractivity contribution < 1.29 is 0 Å². The van der Waals surface area contributed by atoms with Crippen molar-refractivity contribution >= 4 is 0 Å². The third-order valence-corrected chi connectivity index (χ3v) is 37.3. The molecule has 0 aromatic carbocycles. The highest BCUT2D eigenvalue weighted by molar-refractivity contribution is 5.11. The smallest absolute Gasteiger partial charge is 0.0240 e. The zero-order valence-electron chi connectivity index (χ0n) is 59.1. The summed E-state index contributed by atoms with van der Waals surface area (Å²) in [5, 5.41) is 0. The van der Waals surface area contributed by atoms with Gasteiger partial charge < -0.3 is 0 Å². The van der Waals surface area contributed by atoms with Gasteiger partial charge in [0, 0.05) is 0 Å². The van der Waals surface area contributed by atoms with Crippen molar-refractivity contribution in [1.29, 1.82) is 0 Å². The van der Waals surface area contributed by atoms with E-state index in [0.29, 0.717) is 0 Å². The van der Waals surface area contributed by atoms with E-state index in [4.69, 9.17) is 0 Å². The SMILES string of the molecule is C1CCC2(C1)C1CC3CC(C1)CC2C3.C1CCC2(CC1)C1CC3CC(C1)CC2C3.C1CCCC2(CC1)C1CC3CC(C1)CC2C3.C1CCCC2(CC1)CC1CCC2C1.C1CCCC2(CCC1)C1CC3CC(C1)CC2C3.C1CCCC2(CCC1)CC1CCC2C1. The first kappa shape index (κ1) is 62.5. The van der Waals surface area contributed by atoms with Crippen LogP contribution in [0, 0.1) is 151 Å². The van der Waals surface area contributed by atoms with Gasteiger partial charge in [-0.1, -0.05) is 161 Å². The van der Waals surface area contributed by atoms with Gasteiger partial charge >= 0.3 is 0 Å². The quantitative estimate of drug-likeness (QED) is 0.227. The highest BCUT2D eigenvalue weighted by Crippen LogP contribution is 2.71. The van der Waals surface area contributed by atoms with Crippen LogP contribution < -0.4 is 0 Å². The molecule has 26 fully saturated rings. The summed E-state index contributed by atoms with van der Waals surface area (Å²) in [6.45, 7) is 0. The van der Waals surface area contributed by atoms with Crippen molar-refractivity contribution in [3.8, 4) is 0 Å². The van der Waals surface area contributed by atoms with E-state index in [-0.39, 0.29) is 0 Å². The molecule has 26 aliphatic carbocycles. The maximum Gasteiger partial charge on any atom is -0.0240 e. The van der Waals surface area contributed by atoms with Gasteiger partial charge in [0.25, 0.3) is 0 Å². The normalized spacial score (nSPS) is 47.7. The molecule has 4 unspecified atom stereocenters. The number of hydrogen-bond acceptors (Lipinski definition) is 0. The minimum atomic E-state index is 0.855. The second kappa shape index (κ2) is 26.3. The molecular formula is C89H146. The zero-order chi connectivity index (χ0) is 59.1. The van der Waals surface area contributed by atoms with E-state index in [1.807, 2.05) is 0 Å². The molecule has 0 aromatic heterocycles. The number of hydrogen-bond donors (Lipinski definition) is 0. The Bertz CT molecular complexity index is 2140. The Morgan fingerprint density at radius 2 is 0.303 bits per heavy atom. The van der Waals surface area contributed by atoms with E-state index in [1.165, 1.54) is 130 Å². The highest BCUT2D eigenvalue weighted by atomic mass is 14.7. The van der Waals surface area contributed by atoms with Crippen LogP contribution in [0.25, 0.3) is 0 Å². The van der Waals surface area contributed by atoms with E-state index in [0.717, 1.165) is 91.7 Å². The van der Waals surface area contributed by atoms with Crippen molar-refractivity contribution in [2.45, 2.75) is 405 Å². The van der Waals surface area contributed by atoms with Gasteiger partial charge in [-0.25, -0.2) is 0 Å². The molecule has 502 valence electrons. The molecular weight excluding hydrogens is 1070 g/mol. The summed E-state index contributed by atoms with van der Waals surface area (Å²) < 4.78 is 0. The van der Waals surface area contributed by atoms with Crippen LogP contribution in [0.1, 0.15) is 405 Å². The third-order valence-electron chi connectivity index (χ3n) is 37.3. The van der Waals surface area contributed by atoms with Crippen molar-refractivity contribution in [2.75, 3.05) is 0 Å². The molecule has 0 heteroatoms. The van der Waals surface area contributed by atoms with Crippen LogP contribution in [0.2, 0.25) is 0 Å². The molecule has 26 saturated carbocycles. The summed E-state index contributed by atoms with van der Waals surface area (Å²) in [6.07, 6.45) is 100. The minimum absolute atomic E-state index is 0.855. The average molecular weight is 1220 g/mol. The molecule has 0 heterocycles.